The van der Waals surface area contributed by atoms with Gasteiger partial charge in [0, 0.05) is 10.0 Å². The lowest BCUT2D eigenvalue weighted by atomic mass is 10.1. The van der Waals surface area contributed by atoms with Crippen LogP contribution >= 0.6 is 15.9 Å². The fraction of sp³-hybridized carbons (Fsp3) is 0.250. The van der Waals surface area contributed by atoms with E-state index in [-0.39, 0.29) is 12.4 Å². The summed E-state index contributed by atoms with van der Waals surface area (Å²) < 4.78 is 19.8. The average Bonchev–Trinajstić information content (AvgIpc) is 2.40. The lowest BCUT2D eigenvalue weighted by Gasteiger charge is -2.15. The van der Waals surface area contributed by atoms with Crippen molar-refractivity contribution >= 4 is 15.9 Å². The van der Waals surface area contributed by atoms with E-state index in [0.29, 0.717) is 11.3 Å². The third-order valence-corrected chi connectivity index (χ3v) is 3.61. The van der Waals surface area contributed by atoms with E-state index in [4.69, 9.17) is 4.74 Å². The Hall–Kier alpha value is -1.39. The van der Waals surface area contributed by atoms with Gasteiger partial charge in [-0.1, -0.05) is 22.0 Å². The number of ether oxygens (including phenoxy) is 1. The molecule has 0 radical (unpaired) electrons. The molecule has 0 saturated carbocycles. The first kappa shape index (κ1) is 15.0. The van der Waals surface area contributed by atoms with Crippen LogP contribution in [0.4, 0.5) is 4.39 Å². The minimum absolute atomic E-state index is 0.269. The van der Waals surface area contributed by atoms with Crippen molar-refractivity contribution < 1.29 is 14.2 Å². The monoisotopic (exact) mass is 338 g/mol. The molecular weight excluding hydrogens is 323 g/mol. The standard InChI is InChI=1S/C16H16BrFO2/c1-10-3-5-14(18)7-12(10)9-20-16-6-4-13(17)8-15(16)11(2)19/h3-8,11,19H,9H2,1-2H3/t11-/m1/s1. The average molecular weight is 339 g/mol. The molecular formula is C16H16BrFO2. The summed E-state index contributed by atoms with van der Waals surface area (Å²) >= 11 is 3.37. The van der Waals surface area contributed by atoms with E-state index in [1.807, 2.05) is 19.1 Å². The van der Waals surface area contributed by atoms with Gasteiger partial charge in [-0.15, -0.1) is 0 Å². The van der Waals surface area contributed by atoms with Gasteiger partial charge in [-0.05, 0) is 55.3 Å². The van der Waals surface area contributed by atoms with Crippen LogP contribution in [0.25, 0.3) is 0 Å². The van der Waals surface area contributed by atoms with Crippen LogP contribution in [0.3, 0.4) is 0 Å². The molecule has 0 unspecified atom stereocenters. The van der Waals surface area contributed by atoms with Gasteiger partial charge in [0.25, 0.3) is 0 Å². The molecule has 0 aromatic heterocycles. The second-order valence-corrected chi connectivity index (χ2v) is 5.63. The fourth-order valence-electron chi connectivity index (χ4n) is 1.93. The van der Waals surface area contributed by atoms with Crippen LogP contribution < -0.4 is 4.74 Å². The Bertz CT molecular complexity index is 611. The Balaban J connectivity index is 2.20. The normalized spacial score (nSPS) is 12.2. The molecule has 1 N–H and O–H groups in total. The van der Waals surface area contributed by atoms with Gasteiger partial charge in [0.15, 0.2) is 0 Å². The SMILES string of the molecule is Cc1ccc(F)cc1COc1ccc(Br)cc1[C@@H](C)O. The van der Waals surface area contributed by atoms with E-state index in [1.54, 1.807) is 19.1 Å². The van der Waals surface area contributed by atoms with Crippen LogP contribution in [0.1, 0.15) is 29.7 Å². The quantitative estimate of drug-likeness (QED) is 0.887. The van der Waals surface area contributed by atoms with Crippen molar-refractivity contribution in [1.29, 1.82) is 0 Å². The van der Waals surface area contributed by atoms with E-state index in [1.165, 1.54) is 12.1 Å². The summed E-state index contributed by atoms with van der Waals surface area (Å²) in [6.45, 7) is 3.86. The summed E-state index contributed by atoms with van der Waals surface area (Å²) in [4.78, 5) is 0. The molecule has 0 aliphatic rings. The van der Waals surface area contributed by atoms with Crippen molar-refractivity contribution in [3.05, 3.63) is 63.4 Å². The van der Waals surface area contributed by atoms with E-state index in [9.17, 15) is 9.50 Å². The molecule has 0 amide bonds. The van der Waals surface area contributed by atoms with E-state index in [0.717, 1.165) is 15.6 Å². The topological polar surface area (TPSA) is 29.5 Å². The predicted molar refractivity (Wildman–Crippen MR) is 80.2 cm³/mol. The van der Waals surface area contributed by atoms with Crippen LogP contribution in [0, 0.1) is 12.7 Å². The molecule has 0 saturated heterocycles. The second-order valence-electron chi connectivity index (χ2n) is 4.72. The number of aliphatic hydroxyl groups is 1. The lowest BCUT2D eigenvalue weighted by molar-refractivity contribution is 0.190. The smallest absolute Gasteiger partial charge is 0.125 e. The maximum absolute atomic E-state index is 13.2. The van der Waals surface area contributed by atoms with Crippen molar-refractivity contribution in [3.63, 3.8) is 0 Å². The van der Waals surface area contributed by atoms with Crippen LogP contribution in [-0.2, 0) is 6.61 Å². The van der Waals surface area contributed by atoms with Crippen LogP contribution in [0.5, 0.6) is 5.75 Å². The molecule has 0 heterocycles. The lowest BCUT2D eigenvalue weighted by Crippen LogP contribution is -2.02. The third kappa shape index (κ3) is 3.58. The summed E-state index contributed by atoms with van der Waals surface area (Å²) in [5.74, 6) is 0.326. The van der Waals surface area contributed by atoms with Gasteiger partial charge in [0.05, 0.1) is 6.10 Å². The molecule has 1 atom stereocenters. The molecule has 4 heteroatoms. The first-order valence-corrected chi connectivity index (χ1v) is 7.12. The van der Waals surface area contributed by atoms with Crippen LogP contribution in [0.2, 0.25) is 0 Å². The predicted octanol–water partition coefficient (Wildman–Crippen LogP) is 4.53. The number of hydrogen-bond acceptors (Lipinski definition) is 2. The van der Waals surface area contributed by atoms with Gasteiger partial charge in [0.1, 0.15) is 18.2 Å². The summed E-state index contributed by atoms with van der Waals surface area (Å²) in [5.41, 5.74) is 2.47. The maximum atomic E-state index is 13.2. The molecule has 0 aliphatic heterocycles. The molecule has 0 aliphatic carbocycles. The first-order valence-electron chi connectivity index (χ1n) is 6.32. The number of benzene rings is 2. The molecule has 2 aromatic carbocycles. The summed E-state index contributed by atoms with van der Waals surface area (Å²) in [6, 6.07) is 10.1. The Morgan fingerprint density at radius 1 is 1.25 bits per heavy atom. The van der Waals surface area contributed by atoms with Crippen molar-refractivity contribution in [2.75, 3.05) is 0 Å². The van der Waals surface area contributed by atoms with E-state index < -0.39 is 6.10 Å². The Kier molecular flexibility index (Phi) is 4.78. The molecule has 2 nitrogen and oxygen atoms in total. The number of hydrogen-bond donors (Lipinski definition) is 1. The van der Waals surface area contributed by atoms with Gasteiger partial charge >= 0.3 is 0 Å². The Morgan fingerprint density at radius 3 is 2.70 bits per heavy atom. The minimum atomic E-state index is -0.629. The van der Waals surface area contributed by atoms with E-state index in [2.05, 4.69) is 15.9 Å². The van der Waals surface area contributed by atoms with Crippen LogP contribution in [-0.4, -0.2) is 5.11 Å². The van der Waals surface area contributed by atoms with Crippen LogP contribution in [0.15, 0.2) is 40.9 Å². The highest BCUT2D eigenvalue weighted by atomic mass is 79.9. The second kappa shape index (κ2) is 6.37. The van der Waals surface area contributed by atoms with Gasteiger partial charge in [-0.3, -0.25) is 0 Å². The summed E-state index contributed by atoms with van der Waals surface area (Å²) in [5, 5.41) is 9.76. The number of rotatable bonds is 4. The first-order chi connectivity index (χ1) is 9.47. The highest BCUT2D eigenvalue weighted by Crippen LogP contribution is 2.29. The zero-order valence-electron chi connectivity index (χ0n) is 11.4. The Labute approximate surface area is 126 Å². The summed E-state index contributed by atoms with van der Waals surface area (Å²) in [6.07, 6.45) is -0.629. The molecule has 0 spiro atoms. The maximum Gasteiger partial charge on any atom is 0.125 e. The number of aliphatic hydroxyl groups excluding tert-OH is 1. The zero-order valence-corrected chi connectivity index (χ0v) is 12.9. The van der Waals surface area contributed by atoms with Gasteiger partial charge in [-0.2, -0.15) is 0 Å². The summed E-state index contributed by atoms with van der Waals surface area (Å²) in [7, 11) is 0. The van der Waals surface area contributed by atoms with Gasteiger partial charge in [0.2, 0.25) is 0 Å². The van der Waals surface area contributed by atoms with Crippen molar-refractivity contribution in [3.8, 4) is 5.75 Å². The number of aryl methyl sites for hydroxylation is 1. The highest BCUT2D eigenvalue weighted by Gasteiger charge is 2.11. The third-order valence-electron chi connectivity index (χ3n) is 3.12. The number of halogens is 2. The minimum Gasteiger partial charge on any atom is -0.489 e. The van der Waals surface area contributed by atoms with Gasteiger partial charge in [-0.25, -0.2) is 4.39 Å². The van der Waals surface area contributed by atoms with E-state index >= 15 is 0 Å². The highest BCUT2D eigenvalue weighted by molar-refractivity contribution is 9.10. The van der Waals surface area contributed by atoms with Gasteiger partial charge < -0.3 is 9.84 Å². The van der Waals surface area contributed by atoms with Crippen molar-refractivity contribution in [2.24, 2.45) is 0 Å². The zero-order chi connectivity index (χ0) is 14.7. The largest absolute Gasteiger partial charge is 0.489 e. The molecule has 0 bridgehead atoms. The molecule has 2 aromatic rings. The fourth-order valence-corrected chi connectivity index (χ4v) is 2.31. The van der Waals surface area contributed by atoms with Crippen molar-refractivity contribution in [2.45, 2.75) is 26.6 Å². The molecule has 2 rings (SSSR count). The Morgan fingerprint density at radius 2 is 2.00 bits per heavy atom. The molecule has 106 valence electrons. The molecule has 20 heavy (non-hydrogen) atoms. The molecule has 0 fully saturated rings. The van der Waals surface area contributed by atoms with Crippen molar-refractivity contribution in [1.82, 2.24) is 0 Å².